The molecule has 1 aliphatic carbocycles. The van der Waals surface area contributed by atoms with Crippen molar-refractivity contribution in [2.45, 2.75) is 38.1 Å². The molecule has 0 radical (unpaired) electrons. The van der Waals surface area contributed by atoms with Crippen molar-refractivity contribution in [1.29, 1.82) is 0 Å². The van der Waals surface area contributed by atoms with Crippen molar-refractivity contribution in [2.24, 2.45) is 10.7 Å². The molecule has 1 atom stereocenters. The third-order valence-electron chi connectivity index (χ3n) is 2.58. The molecule has 88 valence electrons. The number of rotatable bonds is 5. The first kappa shape index (κ1) is 12.5. The van der Waals surface area contributed by atoms with E-state index in [1.54, 1.807) is 6.26 Å². The second-order valence-electron chi connectivity index (χ2n) is 4.02. The number of nitrogens with zero attached hydrogens (tertiary/aromatic N) is 1. The average Bonchev–Trinajstić information content (AvgIpc) is 2.64. The van der Waals surface area contributed by atoms with Crippen LogP contribution in [0.25, 0.3) is 0 Å². The molecule has 0 heterocycles. The number of hydrogen-bond donors (Lipinski definition) is 2. The van der Waals surface area contributed by atoms with Gasteiger partial charge in [-0.05, 0) is 19.3 Å². The zero-order valence-corrected chi connectivity index (χ0v) is 10.2. The van der Waals surface area contributed by atoms with Gasteiger partial charge in [0.05, 0.1) is 0 Å². The summed E-state index contributed by atoms with van der Waals surface area (Å²) >= 11 is 0. The number of hydrogen-bond acceptors (Lipinski definition) is 2. The van der Waals surface area contributed by atoms with Crippen LogP contribution in [0, 0.1) is 0 Å². The van der Waals surface area contributed by atoms with Gasteiger partial charge in [-0.15, -0.1) is 0 Å². The Hall–Kier alpha value is -0.580. The smallest absolute Gasteiger partial charge is 0.188 e. The van der Waals surface area contributed by atoms with Crippen molar-refractivity contribution >= 4 is 16.8 Å². The van der Waals surface area contributed by atoms with Crippen molar-refractivity contribution in [1.82, 2.24) is 5.32 Å². The lowest BCUT2D eigenvalue weighted by molar-refractivity contribution is 0.625. The lowest BCUT2D eigenvalue weighted by Gasteiger charge is -2.11. The van der Waals surface area contributed by atoms with Crippen LogP contribution in [0.3, 0.4) is 0 Å². The zero-order chi connectivity index (χ0) is 11.1. The van der Waals surface area contributed by atoms with E-state index in [9.17, 15) is 4.21 Å². The van der Waals surface area contributed by atoms with Gasteiger partial charge in [0.2, 0.25) is 0 Å². The van der Waals surface area contributed by atoms with Gasteiger partial charge < -0.3 is 11.1 Å². The van der Waals surface area contributed by atoms with E-state index < -0.39 is 10.8 Å². The molecule has 5 heteroatoms. The van der Waals surface area contributed by atoms with Crippen LogP contribution < -0.4 is 11.1 Å². The lowest BCUT2D eigenvalue weighted by Crippen LogP contribution is -2.38. The van der Waals surface area contributed by atoms with Gasteiger partial charge in [0.25, 0.3) is 0 Å². The first-order chi connectivity index (χ1) is 7.18. The minimum atomic E-state index is -0.715. The summed E-state index contributed by atoms with van der Waals surface area (Å²) < 4.78 is 10.8. The summed E-state index contributed by atoms with van der Waals surface area (Å²) in [7, 11) is -0.715. The third-order valence-corrected chi connectivity index (χ3v) is 3.44. The number of nitrogens with one attached hydrogen (secondary N) is 1. The van der Waals surface area contributed by atoms with Crippen LogP contribution in [0.1, 0.15) is 32.1 Å². The van der Waals surface area contributed by atoms with E-state index in [0.29, 0.717) is 24.3 Å². The minimum Gasteiger partial charge on any atom is -0.370 e. The van der Waals surface area contributed by atoms with Crippen LogP contribution in [-0.2, 0) is 10.8 Å². The SMILES string of the molecule is CS(=O)CCCN=C(N)NC1CCCC1. The van der Waals surface area contributed by atoms with E-state index in [4.69, 9.17) is 5.73 Å². The fourth-order valence-electron chi connectivity index (χ4n) is 1.79. The number of aliphatic imine (C=N–C) groups is 1. The van der Waals surface area contributed by atoms with E-state index in [1.807, 2.05) is 0 Å². The standard InChI is InChI=1S/C10H21N3OS/c1-15(14)8-4-7-12-10(11)13-9-5-2-3-6-9/h9H,2-8H2,1H3,(H3,11,12,13). The Morgan fingerprint density at radius 1 is 1.53 bits per heavy atom. The van der Waals surface area contributed by atoms with Gasteiger partial charge in [0.1, 0.15) is 0 Å². The van der Waals surface area contributed by atoms with Gasteiger partial charge >= 0.3 is 0 Å². The summed E-state index contributed by atoms with van der Waals surface area (Å²) in [6.07, 6.45) is 7.55. The molecule has 0 spiro atoms. The molecule has 0 aromatic rings. The molecule has 0 aromatic carbocycles. The van der Waals surface area contributed by atoms with Crippen molar-refractivity contribution in [2.75, 3.05) is 18.6 Å². The van der Waals surface area contributed by atoms with Gasteiger partial charge in [-0.2, -0.15) is 0 Å². The highest BCUT2D eigenvalue weighted by Gasteiger charge is 2.14. The molecule has 0 amide bonds. The highest BCUT2D eigenvalue weighted by Crippen LogP contribution is 2.17. The van der Waals surface area contributed by atoms with Crippen LogP contribution in [-0.4, -0.2) is 34.8 Å². The molecule has 0 saturated heterocycles. The van der Waals surface area contributed by atoms with E-state index in [1.165, 1.54) is 25.7 Å². The molecule has 0 bridgehead atoms. The van der Waals surface area contributed by atoms with Crippen molar-refractivity contribution in [3.8, 4) is 0 Å². The second-order valence-corrected chi connectivity index (χ2v) is 5.58. The molecule has 1 rings (SSSR count). The fraction of sp³-hybridized carbons (Fsp3) is 0.900. The second kappa shape index (κ2) is 6.82. The Labute approximate surface area is 94.2 Å². The largest absolute Gasteiger partial charge is 0.370 e. The Morgan fingerprint density at radius 2 is 2.20 bits per heavy atom. The molecule has 1 fully saturated rings. The van der Waals surface area contributed by atoms with Crippen molar-refractivity contribution in [3.63, 3.8) is 0 Å². The molecule has 1 saturated carbocycles. The van der Waals surface area contributed by atoms with Crippen LogP contribution >= 0.6 is 0 Å². The lowest BCUT2D eigenvalue weighted by atomic mass is 10.2. The van der Waals surface area contributed by atoms with Gasteiger partial charge in [0.15, 0.2) is 5.96 Å². The Bertz CT molecular complexity index is 237. The quantitative estimate of drug-likeness (QED) is 0.414. The Balaban J connectivity index is 2.12. The van der Waals surface area contributed by atoms with E-state index in [-0.39, 0.29) is 0 Å². The maximum atomic E-state index is 10.8. The van der Waals surface area contributed by atoms with E-state index >= 15 is 0 Å². The summed E-state index contributed by atoms with van der Waals surface area (Å²) in [5.41, 5.74) is 5.73. The first-order valence-corrected chi connectivity index (χ1v) is 7.27. The topological polar surface area (TPSA) is 67.5 Å². The molecule has 0 aliphatic heterocycles. The summed E-state index contributed by atoms with van der Waals surface area (Å²) in [5.74, 6) is 1.25. The highest BCUT2D eigenvalue weighted by atomic mass is 32.2. The van der Waals surface area contributed by atoms with Crippen LogP contribution in [0.2, 0.25) is 0 Å². The summed E-state index contributed by atoms with van der Waals surface area (Å²) in [6, 6.07) is 0.522. The molecular formula is C10H21N3OS. The monoisotopic (exact) mass is 231 g/mol. The third kappa shape index (κ3) is 5.77. The van der Waals surface area contributed by atoms with Crippen molar-refractivity contribution < 1.29 is 4.21 Å². The predicted molar refractivity (Wildman–Crippen MR) is 65.4 cm³/mol. The minimum absolute atomic E-state index is 0.522. The normalized spacial score (nSPS) is 20.5. The fourth-order valence-corrected chi connectivity index (χ4v) is 2.33. The average molecular weight is 231 g/mol. The van der Waals surface area contributed by atoms with Crippen LogP contribution in [0.5, 0.6) is 0 Å². The summed E-state index contributed by atoms with van der Waals surface area (Å²) in [6.45, 7) is 0.672. The van der Waals surface area contributed by atoms with Gasteiger partial charge in [0, 0.05) is 35.4 Å². The Kier molecular flexibility index (Phi) is 5.68. The maximum Gasteiger partial charge on any atom is 0.188 e. The first-order valence-electron chi connectivity index (χ1n) is 5.55. The summed E-state index contributed by atoms with van der Waals surface area (Å²) in [4.78, 5) is 4.21. The molecule has 0 aromatic heterocycles. The maximum absolute atomic E-state index is 10.8. The molecule has 1 aliphatic rings. The van der Waals surface area contributed by atoms with E-state index in [2.05, 4.69) is 10.3 Å². The van der Waals surface area contributed by atoms with Gasteiger partial charge in [-0.1, -0.05) is 12.8 Å². The van der Waals surface area contributed by atoms with Gasteiger partial charge in [-0.25, -0.2) is 0 Å². The molecule has 15 heavy (non-hydrogen) atoms. The van der Waals surface area contributed by atoms with Crippen LogP contribution in [0.15, 0.2) is 4.99 Å². The van der Waals surface area contributed by atoms with Gasteiger partial charge in [-0.3, -0.25) is 9.20 Å². The van der Waals surface area contributed by atoms with Crippen molar-refractivity contribution in [3.05, 3.63) is 0 Å². The molecular weight excluding hydrogens is 210 g/mol. The zero-order valence-electron chi connectivity index (χ0n) is 9.37. The molecule has 1 unspecified atom stereocenters. The number of guanidine groups is 1. The number of nitrogens with two attached hydrogens (primary N) is 1. The molecule has 3 N–H and O–H groups in total. The summed E-state index contributed by atoms with van der Waals surface area (Å²) in [5, 5.41) is 3.22. The van der Waals surface area contributed by atoms with Crippen LogP contribution in [0.4, 0.5) is 0 Å². The Morgan fingerprint density at radius 3 is 2.80 bits per heavy atom. The molecule has 4 nitrogen and oxygen atoms in total. The predicted octanol–water partition coefficient (Wildman–Crippen LogP) is 0.602. The van der Waals surface area contributed by atoms with E-state index in [0.717, 1.165) is 6.42 Å². The highest BCUT2D eigenvalue weighted by molar-refractivity contribution is 7.84.